The van der Waals surface area contributed by atoms with Crippen LogP contribution < -0.4 is 21.8 Å². The summed E-state index contributed by atoms with van der Waals surface area (Å²) in [5.41, 5.74) is 9.02. The molecule has 0 atom stereocenters. The molecule has 64 valence electrons. The third-order valence-electron chi connectivity index (χ3n) is 1.57. The molecule has 0 aliphatic carbocycles. The fourth-order valence-electron chi connectivity index (χ4n) is 1.08. The Bertz CT molecular complexity index is 357. The van der Waals surface area contributed by atoms with Crippen molar-refractivity contribution < 1.29 is 0 Å². The highest BCUT2D eigenvalue weighted by Crippen LogP contribution is 1.99. The van der Waals surface area contributed by atoms with Gasteiger partial charge in [0.05, 0.1) is 6.67 Å². The number of hydrazine groups is 1. The molecule has 3 N–H and O–H groups in total. The molecule has 0 unspecified atom stereocenters. The van der Waals surface area contributed by atoms with Gasteiger partial charge < -0.3 is 5.43 Å². The molecular weight excluding hydrogens is 158 g/mol. The quantitative estimate of drug-likeness (QED) is 0.461. The van der Waals surface area contributed by atoms with Crippen LogP contribution in [-0.2, 0) is 0 Å². The molecule has 6 nitrogen and oxygen atoms in total. The summed E-state index contributed by atoms with van der Waals surface area (Å²) < 4.78 is 1.36. The van der Waals surface area contributed by atoms with Crippen LogP contribution in [0.5, 0.6) is 0 Å². The number of anilines is 1. The summed E-state index contributed by atoms with van der Waals surface area (Å²) in [4.78, 5) is 15.4. The van der Waals surface area contributed by atoms with Crippen molar-refractivity contribution in [3.8, 4) is 0 Å². The standard InChI is InChI=1S/C6H9N5O/c1-4-2-5(12)11-6(9-4)10-7-3-8-11/h2,7-8H,3H2,1H3,(H,9,10). The lowest BCUT2D eigenvalue weighted by atomic mass is 10.4. The Morgan fingerprint density at radius 2 is 2.50 bits per heavy atom. The number of aryl methyl sites for hydroxylation is 1. The highest BCUT2D eigenvalue weighted by atomic mass is 16.1. The molecule has 0 fully saturated rings. The van der Waals surface area contributed by atoms with Gasteiger partial charge in [0.1, 0.15) is 0 Å². The van der Waals surface area contributed by atoms with E-state index in [1.54, 1.807) is 6.92 Å². The van der Waals surface area contributed by atoms with E-state index in [4.69, 9.17) is 0 Å². The van der Waals surface area contributed by atoms with E-state index in [-0.39, 0.29) is 5.56 Å². The average Bonchev–Trinajstić information content (AvgIpc) is 2.04. The summed E-state index contributed by atoms with van der Waals surface area (Å²) >= 11 is 0. The number of nitrogens with one attached hydrogen (secondary N) is 3. The van der Waals surface area contributed by atoms with E-state index in [1.165, 1.54) is 10.7 Å². The first kappa shape index (κ1) is 7.11. The van der Waals surface area contributed by atoms with E-state index in [0.717, 1.165) is 0 Å². The van der Waals surface area contributed by atoms with Crippen LogP contribution in [0.2, 0.25) is 0 Å². The van der Waals surface area contributed by atoms with Crippen LogP contribution in [-0.4, -0.2) is 16.3 Å². The summed E-state index contributed by atoms with van der Waals surface area (Å²) in [6.07, 6.45) is 0. The van der Waals surface area contributed by atoms with Crippen LogP contribution in [0.25, 0.3) is 0 Å². The number of aromatic nitrogens is 2. The summed E-state index contributed by atoms with van der Waals surface area (Å²) in [6.45, 7) is 2.27. The van der Waals surface area contributed by atoms with Gasteiger partial charge in [-0.1, -0.05) is 0 Å². The molecule has 0 saturated carbocycles. The third-order valence-corrected chi connectivity index (χ3v) is 1.57. The second kappa shape index (κ2) is 2.49. The van der Waals surface area contributed by atoms with Gasteiger partial charge in [0, 0.05) is 11.8 Å². The van der Waals surface area contributed by atoms with Crippen molar-refractivity contribution in [1.82, 2.24) is 15.1 Å². The largest absolute Gasteiger partial charge is 0.304 e. The monoisotopic (exact) mass is 167 g/mol. The Morgan fingerprint density at radius 3 is 3.33 bits per heavy atom. The molecule has 2 rings (SSSR count). The maximum Gasteiger partial charge on any atom is 0.273 e. The Balaban J connectivity index is 2.60. The zero-order valence-corrected chi connectivity index (χ0v) is 6.59. The van der Waals surface area contributed by atoms with Crippen LogP contribution in [0.4, 0.5) is 5.95 Å². The Kier molecular flexibility index (Phi) is 1.47. The van der Waals surface area contributed by atoms with Crippen LogP contribution >= 0.6 is 0 Å². The van der Waals surface area contributed by atoms with Gasteiger partial charge in [-0.15, -0.1) is 0 Å². The number of fused-ring (bicyclic) bond motifs is 1. The molecule has 0 bridgehead atoms. The van der Waals surface area contributed by atoms with Gasteiger partial charge in [0.2, 0.25) is 5.95 Å². The summed E-state index contributed by atoms with van der Waals surface area (Å²) in [7, 11) is 0. The highest BCUT2D eigenvalue weighted by molar-refractivity contribution is 5.28. The zero-order valence-electron chi connectivity index (χ0n) is 6.59. The molecule has 2 heterocycles. The molecule has 6 heteroatoms. The van der Waals surface area contributed by atoms with Gasteiger partial charge in [0.25, 0.3) is 5.56 Å². The van der Waals surface area contributed by atoms with Gasteiger partial charge in [-0.25, -0.2) is 10.4 Å². The van der Waals surface area contributed by atoms with E-state index >= 15 is 0 Å². The van der Waals surface area contributed by atoms with Crippen molar-refractivity contribution in [3.63, 3.8) is 0 Å². The molecule has 0 radical (unpaired) electrons. The van der Waals surface area contributed by atoms with Crippen LogP contribution in [0, 0.1) is 6.92 Å². The van der Waals surface area contributed by atoms with Gasteiger partial charge in [-0.3, -0.25) is 10.2 Å². The van der Waals surface area contributed by atoms with E-state index in [1.807, 2.05) is 0 Å². The summed E-state index contributed by atoms with van der Waals surface area (Å²) in [5.74, 6) is 0.492. The minimum atomic E-state index is -0.105. The van der Waals surface area contributed by atoms with E-state index in [0.29, 0.717) is 18.3 Å². The lowest BCUT2D eigenvalue weighted by molar-refractivity contribution is 0.656. The maximum atomic E-state index is 11.3. The Hall–Kier alpha value is -1.56. The van der Waals surface area contributed by atoms with Crippen molar-refractivity contribution in [2.24, 2.45) is 0 Å². The Morgan fingerprint density at radius 1 is 1.67 bits per heavy atom. The van der Waals surface area contributed by atoms with Crippen LogP contribution in [0.15, 0.2) is 10.9 Å². The fourth-order valence-corrected chi connectivity index (χ4v) is 1.08. The van der Waals surface area contributed by atoms with Crippen LogP contribution in [0.1, 0.15) is 5.69 Å². The minimum Gasteiger partial charge on any atom is -0.304 e. The molecule has 0 aromatic carbocycles. The summed E-state index contributed by atoms with van der Waals surface area (Å²) in [5, 5.41) is 0. The van der Waals surface area contributed by atoms with Gasteiger partial charge >= 0.3 is 0 Å². The first-order valence-electron chi connectivity index (χ1n) is 3.61. The summed E-state index contributed by atoms with van der Waals surface area (Å²) in [6, 6.07) is 1.48. The normalized spacial score (nSPS) is 14.4. The molecule has 0 spiro atoms. The molecule has 0 saturated heterocycles. The predicted molar refractivity (Wildman–Crippen MR) is 44.2 cm³/mol. The molecule has 1 aromatic heterocycles. The molecule has 1 aliphatic heterocycles. The van der Waals surface area contributed by atoms with Crippen molar-refractivity contribution in [2.75, 3.05) is 17.5 Å². The van der Waals surface area contributed by atoms with Crippen LogP contribution in [0.3, 0.4) is 0 Å². The number of hydrogen-bond acceptors (Lipinski definition) is 5. The number of nitrogens with zero attached hydrogens (tertiary/aromatic N) is 2. The Labute approximate surface area is 68.6 Å². The van der Waals surface area contributed by atoms with Crippen molar-refractivity contribution in [1.29, 1.82) is 0 Å². The molecular formula is C6H9N5O. The number of hydrogen-bond donors (Lipinski definition) is 3. The minimum absolute atomic E-state index is 0.105. The second-order valence-corrected chi connectivity index (χ2v) is 2.53. The smallest absolute Gasteiger partial charge is 0.273 e. The fraction of sp³-hybridized carbons (Fsp3) is 0.333. The number of rotatable bonds is 0. The lowest BCUT2D eigenvalue weighted by Gasteiger charge is -2.21. The molecule has 1 aromatic rings. The van der Waals surface area contributed by atoms with Gasteiger partial charge in [-0.2, -0.15) is 4.68 Å². The molecule has 12 heavy (non-hydrogen) atoms. The third kappa shape index (κ3) is 1.02. The lowest BCUT2D eigenvalue weighted by Crippen LogP contribution is -2.45. The first-order chi connectivity index (χ1) is 5.77. The van der Waals surface area contributed by atoms with Crippen molar-refractivity contribution in [2.45, 2.75) is 6.92 Å². The first-order valence-corrected chi connectivity index (χ1v) is 3.61. The highest BCUT2D eigenvalue weighted by Gasteiger charge is 2.08. The van der Waals surface area contributed by atoms with Gasteiger partial charge in [0.15, 0.2) is 0 Å². The SMILES string of the molecule is Cc1cc(=O)n2c(n1)NNCN2. The van der Waals surface area contributed by atoms with E-state index in [2.05, 4.69) is 21.3 Å². The van der Waals surface area contributed by atoms with Gasteiger partial charge in [-0.05, 0) is 6.92 Å². The topological polar surface area (TPSA) is 71.0 Å². The molecule has 1 aliphatic rings. The second-order valence-electron chi connectivity index (χ2n) is 2.53. The zero-order chi connectivity index (χ0) is 8.55. The van der Waals surface area contributed by atoms with E-state index < -0.39 is 0 Å². The molecule has 0 amide bonds. The van der Waals surface area contributed by atoms with Crippen molar-refractivity contribution >= 4 is 5.95 Å². The van der Waals surface area contributed by atoms with Crippen molar-refractivity contribution in [3.05, 3.63) is 22.1 Å². The maximum absolute atomic E-state index is 11.3. The van der Waals surface area contributed by atoms with E-state index in [9.17, 15) is 4.79 Å². The average molecular weight is 167 g/mol. The predicted octanol–water partition coefficient (Wildman–Crippen LogP) is -1.02.